The van der Waals surface area contributed by atoms with Gasteiger partial charge < -0.3 is 9.72 Å². The Bertz CT molecular complexity index is 541. The fourth-order valence-electron chi connectivity index (χ4n) is 1.39. The highest BCUT2D eigenvalue weighted by molar-refractivity contribution is 6.32. The van der Waals surface area contributed by atoms with E-state index in [-0.39, 0.29) is 5.69 Å². The second-order valence-electron chi connectivity index (χ2n) is 2.99. The molecule has 4 nitrogen and oxygen atoms in total. The molecule has 0 bridgehead atoms. The van der Waals surface area contributed by atoms with Crippen molar-refractivity contribution in [3.63, 3.8) is 0 Å². The summed E-state index contributed by atoms with van der Waals surface area (Å²) >= 11 is 5.93. The SMILES string of the molecule is COc1cc2[nH]c(=O)n(C)c2cc1Cl. The summed E-state index contributed by atoms with van der Waals surface area (Å²) in [5, 5.41) is 0.495. The summed E-state index contributed by atoms with van der Waals surface area (Å²) in [6, 6.07) is 3.41. The van der Waals surface area contributed by atoms with Crippen molar-refractivity contribution in [2.24, 2.45) is 7.05 Å². The van der Waals surface area contributed by atoms with Gasteiger partial charge in [-0.1, -0.05) is 11.6 Å². The van der Waals surface area contributed by atoms with Gasteiger partial charge in [-0.15, -0.1) is 0 Å². The molecule has 0 aliphatic heterocycles. The Kier molecular flexibility index (Phi) is 2.00. The molecular weight excluding hydrogens is 204 g/mol. The van der Waals surface area contributed by atoms with Crippen LogP contribution < -0.4 is 10.4 Å². The summed E-state index contributed by atoms with van der Waals surface area (Å²) in [6.45, 7) is 0. The molecule has 5 heteroatoms. The maximum absolute atomic E-state index is 11.3. The Morgan fingerprint density at radius 2 is 2.21 bits per heavy atom. The van der Waals surface area contributed by atoms with Crippen LogP contribution in [-0.4, -0.2) is 16.7 Å². The summed E-state index contributed by atoms with van der Waals surface area (Å²) in [6.07, 6.45) is 0. The van der Waals surface area contributed by atoms with E-state index in [4.69, 9.17) is 16.3 Å². The van der Waals surface area contributed by atoms with Gasteiger partial charge >= 0.3 is 5.69 Å². The lowest BCUT2D eigenvalue weighted by Gasteiger charge is -2.02. The number of nitrogens with one attached hydrogen (secondary N) is 1. The van der Waals surface area contributed by atoms with E-state index in [1.54, 1.807) is 19.2 Å². The zero-order valence-corrected chi connectivity index (χ0v) is 8.55. The van der Waals surface area contributed by atoms with E-state index >= 15 is 0 Å². The molecule has 2 aromatic rings. The summed E-state index contributed by atoms with van der Waals surface area (Å²) in [4.78, 5) is 14.0. The lowest BCUT2D eigenvalue weighted by molar-refractivity contribution is 0.415. The van der Waals surface area contributed by atoms with Gasteiger partial charge in [0, 0.05) is 13.1 Å². The van der Waals surface area contributed by atoms with Gasteiger partial charge in [-0.2, -0.15) is 0 Å². The number of aryl methyl sites for hydroxylation is 1. The van der Waals surface area contributed by atoms with Crippen molar-refractivity contribution < 1.29 is 4.74 Å². The average Bonchev–Trinajstić information content (AvgIpc) is 2.43. The molecule has 0 radical (unpaired) electrons. The summed E-state index contributed by atoms with van der Waals surface area (Å²) in [5.74, 6) is 0.556. The van der Waals surface area contributed by atoms with Crippen LogP contribution >= 0.6 is 11.6 Å². The quantitative estimate of drug-likeness (QED) is 0.779. The zero-order valence-electron chi connectivity index (χ0n) is 7.80. The largest absolute Gasteiger partial charge is 0.495 e. The molecule has 0 atom stereocenters. The Hall–Kier alpha value is -1.42. The van der Waals surface area contributed by atoms with Crippen molar-refractivity contribution in [1.29, 1.82) is 0 Å². The Balaban J connectivity index is 2.86. The number of rotatable bonds is 1. The van der Waals surface area contributed by atoms with Crippen molar-refractivity contribution >= 4 is 22.6 Å². The number of ether oxygens (including phenoxy) is 1. The molecule has 14 heavy (non-hydrogen) atoms. The molecule has 1 heterocycles. The number of hydrogen-bond donors (Lipinski definition) is 1. The second-order valence-corrected chi connectivity index (χ2v) is 3.40. The van der Waals surface area contributed by atoms with Gasteiger partial charge in [0.2, 0.25) is 0 Å². The molecule has 1 aromatic carbocycles. The van der Waals surface area contributed by atoms with Gasteiger partial charge in [0.1, 0.15) is 5.75 Å². The minimum atomic E-state index is -0.163. The normalized spacial score (nSPS) is 10.8. The number of imidazole rings is 1. The third-order valence-corrected chi connectivity index (χ3v) is 2.47. The van der Waals surface area contributed by atoms with Gasteiger partial charge in [-0.05, 0) is 6.07 Å². The van der Waals surface area contributed by atoms with Crippen LogP contribution in [0.3, 0.4) is 0 Å². The fourth-order valence-corrected chi connectivity index (χ4v) is 1.62. The monoisotopic (exact) mass is 212 g/mol. The zero-order chi connectivity index (χ0) is 10.3. The lowest BCUT2D eigenvalue weighted by atomic mass is 10.3. The van der Waals surface area contributed by atoms with E-state index < -0.39 is 0 Å². The first kappa shape index (κ1) is 9.15. The average molecular weight is 213 g/mol. The summed E-state index contributed by atoms with van der Waals surface area (Å²) < 4.78 is 6.54. The van der Waals surface area contributed by atoms with Crippen LogP contribution in [0.2, 0.25) is 5.02 Å². The molecule has 74 valence electrons. The van der Waals surface area contributed by atoms with Gasteiger partial charge in [-0.25, -0.2) is 4.79 Å². The smallest absolute Gasteiger partial charge is 0.326 e. The maximum Gasteiger partial charge on any atom is 0.326 e. The third kappa shape index (κ3) is 1.19. The molecule has 0 unspecified atom stereocenters. The van der Waals surface area contributed by atoms with Crippen LogP contribution in [0.15, 0.2) is 16.9 Å². The van der Waals surface area contributed by atoms with Crippen LogP contribution in [0, 0.1) is 0 Å². The molecule has 0 fully saturated rings. The highest BCUT2D eigenvalue weighted by Gasteiger charge is 2.07. The Morgan fingerprint density at radius 3 is 2.86 bits per heavy atom. The van der Waals surface area contributed by atoms with Crippen molar-refractivity contribution in [2.75, 3.05) is 7.11 Å². The number of aromatic nitrogens is 2. The van der Waals surface area contributed by atoms with Gasteiger partial charge in [0.15, 0.2) is 0 Å². The number of methoxy groups -OCH3 is 1. The number of H-pyrrole nitrogens is 1. The number of aromatic amines is 1. The number of benzene rings is 1. The van der Waals surface area contributed by atoms with Crippen molar-refractivity contribution in [1.82, 2.24) is 9.55 Å². The third-order valence-electron chi connectivity index (χ3n) is 2.18. The number of halogens is 1. The fraction of sp³-hybridized carbons (Fsp3) is 0.222. The first-order valence-electron chi connectivity index (χ1n) is 4.05. The van der Waals surface area contributed by atoms with Crippen molar-refractivity contribution in [2.45, 2.75) is 0 Å². The van der Waals surface area contributed by atoms with E-state index in [1.807, 2.05) is 0 Å². The minimum Gasteiger partial charge on any atom is -0.495 e. The molecule has 0 aliphatic carbocycles. The standard InChI is InChI=1S/C9H9ClN2O2/c1-12-7-3-5(10)8(14-2)4-6(7)11-9(12)13/h3-4H,1-2H3,(H,11,13). The number of hydrogen-bond acceptors (Lipinski definition) is 2. The van der Waals surface area contributed by atoms with Crippen LogP contribution in [0.1, 0.15) is 0 Å². The van der Waals surface area contributed by atoms with E-state index in [9.17, 15) is 4.79 Å². The van der Waals surface area contributed by atoms with Gasteiger partial charge in [0.25, 0.3) is 0 Å². The molecule has 1 N–H and O–H groups in total. The minimum absolute atomic E-state index is 0.163. The second kappa shape index (κ2) is 3.06. The van der Waals surface area contributed by atoms with Crippen LogP contribution in [-0.2, 0) is 7.05 Å². The molecule has 0 aliphatic rings. The molecule has 1 aromatic heterocycles. The molecular formula is C9H9ClN2O2. The summed E-state index contributed by atoms with van der Waals surface area (Å²) in [5.41, 5.74) is 1.32. The highest BCUT2D eigenvalue weighted by Crippen LogP contribution is 2.27. The molecule has 0 saturated carbocycles. The highest BCUT2D eigenvalue weighted by atomic mass is 35.5. The van der Waals surface area contributed by atoms with Gasteiger partial charge in [0.05, 0.1) is 23.2 Å². The van der Waals surface area contributed by atoms with E-state index in [0.29, 0.717) is 10.8 Å². The van der Waals surface area contributed by atoms with Crippen LogP contribution in [0.4, 0.5) is 0 Å². The lowest BCUT2D eigenvalue weighted by Crippen LogP contribution is -2.11. The topological polar surface area (TPSA) is 47.0 Å². The number of fused-ring (bicyclic) bond motifs is 1. The van der Waals surface area contributed by atoms with Crippen LogP contribution in [0.25, 0.3) is 11.0 Å². The van der Waals surface area contributed by atoms with E-state index in [0.717, 1.165) is 11.0 Å². The predicted molar refractivity (Wildman–Crippen MR) is 55.1 cm³/mol. The van der Waals surface area contributed by atoms with Crippen molar-refractivity contribution in [3.8, 4) is 5.75 Å². The van der Waals surface area contributed by atoms with Crippen molar-refractivity contribution in [3.05, 3.63) is 27.6 Å². The molecule has 0 saturated heterocycles. The van der Waals surface area contributed by atoms with Gasteiger partial charge in [-0.3, -0.25) is 4.57 Å². The molecule has 2 rings (SSSR count). The first-order chi connectivity index (χ1) is 6.63. The van der Waals surface area contributed by atoms with E-state index in [2.05, 4.69) is 4.98 Å². The summed E-state index contributed by atoms with van der Waals surface area (Å²) in [7, 11) is 3.22. The Labute approximate surface area is 85.1 Å². The van der Waals surface area contributed by atoms with E-state index in [1.165, 1.54) is 11.7 Å². The maximum atomic E-state index is 11.3. The molecule has 0 spiro atoms. The first-order valence-corrected chi connectivity index (χ1v) is 4.43. The number of nitrogens with zero attached hydrogens (tertiary/aromatic N) is 1. The predicted octanol–water partition coefficient (Wildman–Crippen LogP) is 1.53. The Morgan fingerprint density at radius 1 is 1.50 bits per heavy atom. The van der Waals surface area contributed by atoms with Crippen LogP contribution in [0.5, 0.6) is 5.75 Å². The molecule has 0 amide bonds.